The molecule has 5 nitrogen and oxygen atoms in total. The predicted molar refractivity (Wildman–Crippen MR) is 75.3 cm³/mol. The third-order valence-electron chi connectivity index (χ3n) is 2.35. The molecule has 98 valence electrons. The molecule has 0 fully saturated rings. The molecule has 2 aromatic rings. The van der Waals surface area contributed by atoms with Gasteiger partial charge in [-0.3, -0.25) is 4.72 Å². The third-order valence-corrected chi connectivity index (χ3v) is 5.19. The monoisotopic (exact) mass is 293 g/mol. The number of nitrogens with one attached hydrogen (secondary N) is 1. The minimum Gasteiger partial charge on any atom is -0.398 e. The van der Waals surface area contributed by atoms with E-state index >= 15 is 0 Å². The Morgan fingerprint density at radius 1 is 1.32 bits per heavy atom. The summed E-state index contributed by atoms with van der Waals surface area (Å²) in [7, 11) is -3.59. The Balaban J connectivity index is 2.19. The lowest BCUT2D eigenvalue weighted by atomic mass is 10.1. The molecule has 0 radical (unpaired) electrons. The summed E-state index contributed by atoms with van der Waals surface area (Å²) >= 11 is 1.07. The van der Waals surface area contributed by atoms with E-state index in [1.54, 1.807) is 29.6 Å². The summed E-state index contributed by atoms with van der Waals surface area (Å²) in [6.45, 7) is 0. The highest BCUT2D eigenvalue weighted by atomic mass is 32.2. The second-order valence-corrected chi connectivity index (χ2v) is 6.66. The highest BCUT2D eigenvalue weighted by Crippen LogP contribution is 2.24. The highest BCUT2D eigenvalue weighted by Gasteiger charge is 2.16. The lowest BCUT2D eigenvalue weighted by Gasteiger charge is -2.06. The summed E-state index contributed by atoms with van der Waals surface area (Å²) in [6, 6.07) is 10.1. The number of anilines is 2. The van der Waals surface area contributed by atoms with Gasteiger partial charge in [0, 0.05) is 16.8 Å². The van der Waals surface area contributed by atoms with Gasteiger partial charge in [0.05, 0.1) is 12.5 Å². The van der Waals surface area contributed by atoms with E-state index in [4.69, 9.17) is 11.0 Å². The van der Waals surface area contributed by atoms with Gasteiger partial charge >= 0.3 is 0 Å². The number of benzene rings is 1. The molecule has 2 rings (SSSR count). The van der Waals surface area contributed by atoms with Crippen LogP contribution in [-0.2, 0) is 16.4 Å². The molecule has 1 heterocycles. The zero-order valence-electron chi connectivity index (χ0n) is 9.83. The smallest absolute Gasteiger partial charge is 0.271 e. The fourth-order valence-corrected chi connectivity index (χ4v) is 3.60. The summed E-state index contributed by atoms with van der Waals surface area (Å²) in [5, 5.41) is 10.1. The molecular formula is C12H11N3O2S2. The van der Waals surface area contributed by atoms with Gasteiger partial charge in [0.15, 0.2) is 0 Å². The van der Waals surface area contributed by atoms with E-state index in [0.29, 0.717) is 17.8 Å². The van der Waals surface area contributed by atoms with Gasteiger partial charge in [-0.15, -0.1) is 11.3 Å². The first-order valence-electron chi connectivity index (χ1n) is 5.34. The summed E-state index contributed by atoms with van der Waals surface area (Å²) in [4.78, 5) is 0. The van der Waals surface area contributed by atoms with E-state index in [1.165, 1.54) is 6.07 Å². The molecule has 0 unspecified atom stereocenters. The molecule has 0 spiro atoms. The molecule has 0 saturated heterocycles. The standard InChI is InChI=1S/C12H11N3O2S2/c13-6-5-9-1-3-11(4-2-9)15-19(16,17)12-7-10(14)8-18-12/h1-4,7-8,15H,5,14H2. The Labute approximate surface area is 115 Å². The molecule has 0 aliphatic carbocycles. The van der Waals surface area contributed by atoms with Crippen molar-refractivity contribution in [1.29, 1.82) is 5.26 Å². The maximum atomic E-state index is 12.0. The lowest BCUT2D eigenvalue weighted by molar-refractivity contribution is 0.603. The van der Waals surface area contributed by atoms with Gasteiger partial charge in [0.2, 0.25) is 0 Å². The van der Waals surface area contributed by atoms with Crippen LogP contribution in [0.15, 0.2) is 39.9 Å². The second-order valence-electron chi connectivity index (χ2n) is 3.84. The van der Waals surface area contributed by atoms with Gasteiger partial charge in [-0.2, -0.15) is 5.26 Å². The normalized spacial score (nSPS) is 10.9. The number of rotatable bonds is 4. The number of thiophene rings is 1. The molecule has 0 amide bonds. The number of hydrogen-bond donors (Lipinski definition) is 2. The molecule has 0 aliphatic rings. The Kier molecular flexibility index (Phi) is 3.74. The van der Waals surface area contributed by atoms with E-state index in [1.807, 2.05) is 6.07 Å². The van der Waals surface area contributed by atoms with E-state index in [2.05, 4.69) is 4.72 Å². The van der Waals surface area contributed by atoms with Crippen LogP contribution < -0.4 is 10.5 Å². The van der Waals surface area contributed by atoms with Crippen LogP contribution >= 0.6 is 11.3 Å². The molecule has 3 N–H and O–H groups in total. The first-order valence-corrected chi connectivity index (χ1v) is 7.70. The topological polar surface area (TPSA) is 96.0 Å². The Bertz CT molecular complexity index is 712. The summed E-state index contributed by atoms with van der Waals surface area (Å²) in [5.41, 5.74) is 7.23. The molecule has 0 saturated carbocycles. The first-order chi connectivity index (χ1) is 9.01. The Morgan fingerprint density at radius 2 is 2.00 bits per heavy atom. The van der Waals surface area contributed by atoms with Gasteiger partial charge in [-0.05, 0) is 23.8 Å². The molecule has 19 heavy (non-hydrogen) atoms. The van der Waals surface area contributed by atoms with Crippen LogP contribution in [0.5, 0.6) is 0 Å². The van der Waals surface area contributed by atoms with Gasteiger partial charge in [-0.25, -0.2) is 8.42 Å². The predicted octanol–water partition coefficient (Wildman–Crippen LogP) is 2.20. The zero-order valence-corrected chi connectivity index (χ0v) is 11.5. The van der Waals surface area contributed by atoms with E-state index in [0.717, 1.165) is 16.9 Å². The fourth-order valence-electron chi connectivity index (χ4n) is 1.46. The molecule has 1 aromatic carbocycles. The summed E-state index contributed by atoms with van der Waals surface area (Å²) in [5.74, 6) is 0. The minimum atomic E-state index is -3.59. The van der Waals surface area contributed by atoms with Crippen molar-refractivity contribution in [3.8, 4) is 6.07 Å². The summed E-state index contributed by atoms with van der Waals surface area (Å²) < 4.78 is 26.7. The average Bonchev–Trinajstić information content (AvgIpc) is 2.79. The number of nitriles is 1. The second kappa shape index (κ2) is 5.30. The first kappa shape index (κ1) is 13.4. The van der Waals surface area contributed by atoms with Crippen LogP contribution in [0.2, 0.25) is 0 Å². The van der Waals surface area contributed by atoms with E-state index < -0.39 is 10.0 Å². The molecule has 0 bridgehead atoms. The quantitative estimate of drug-likeness (QED) is 0.903. The number of nitrogens with zero attached hydrogens (tertiary/aromatic N) is 1. The fraction of sp³-hybridized carbons (Fsp3) is 0.0833. The van der Waals surface area contributed by atoms with Crippen molar-refractivity contribution in [3.05, 3.63) is 41.3 Å². The van der Waals surface area contributed by atoms with Crippen molar-refractivity contribution in [1.82, 2.24) is 0 Å². The van der Waals surface area contributed by atoms with Crippen molar-refractivity contribution in [3.63, 3.8) is 0 Å². The van der Waals surface area contributed by atoms with Crippen molar-refractivity contribution in [2.75, 3.05) is 10.5 Å². The maximum Gasteiger partial charge on any atom is 0.271 e. The lowest BCUT2D eigenvalue weighted by Crippen LogP contribution is -2.11. The van der Waals surface area contributed by atoms with Crippen molar-refractivity contribution < 1.29 is 8.42 Å². The van der Waals surface area contributed by atoms with Crippen LogP contribution in [0.3, 0.4) is 0 Å². The number of hydrogen-bond acceptors (Lipinski definition) is 5. The van der Waals surface area contributed by atoms with Crippen LogP contribution in [0.4, 0.5) is 11.4 Å². The minimum absolute atomic E-state index is 0.172. The molecule has 1 aromatic heterocycles. The molecule has 0 aliphatic heterocycles. The summed E-state index contributed by atoms with van der Waals surface area (Å²) in [6.07, 6.45) is 0.300. The van der Waals surface area contributed by atoms with Crippen molar-refractivity contribution in [2.45, 2.75) is 10.6 Å². The largest absolute Gasteiger partial charge is 0.398 e. The average molecular weight is 293 g/mol. The van der Waals surface area contributed by atoms with Gasteiger partial charge in [-0.1, -0.05) is 12.1 Å². The highest BCUT2D eigenvalue weighted by molar-refractivity contribution is 7.94. The van der Waals surface area contributed by atoms with E-state index in [-0.39, 0.29) is 4.21 Å². The molecular weight excluding hydrogens is 282 g/mol. The van der Waals surface area contributed by atoms with Crippen LogP contribution in [0.25, 0.3) is 0 Å². The SMILES string of the molecule is N#CCc1ccc(NS(=O)(=O)c2cc(N)cs2)cc1. The Morgan fingerprint density at radius 3 is 2.53 bits per heavy atom. The van der Waals surface area contributed by atoms with Gasteiger partial charge in [0.1, 0.15) is 4.21 Å². The number of sulfonamides is 1. The zero-order chi connectivity index (χ0) is 13.9. The van der Waals surface area contributed by atoms with E-state index in [9.17, 15) is 8.42 Å². The Hall–Kier alpha value is -2.04. The molecule has 7 heteroatoms. The van der Waals surface area contributed by atoms with Crippen LogP contribution in [-0.4, -0.2) is 8.42 Å². The van der Waals surface area contributed by atoms with Crippen LogP contribution in [0, 0.1) is 11.3 Å². The van der Waals surface area contributed by atoms with Crippen LogP contribution in [0.1, 0.15) is 5.56 Å². The third kappa shape index (κ3) is 3.24. The van der Waals surface area contributed by atoms with Gasteiger partial charge in [0.25, 0.3) is 10.0 Å². The number of nitrogen functional groups attached to an aromatic ring is 1. The van der Waals surface area contributed by atoms with Crippen molar-refractivity contribution >= 4 is 32.7 Å². The van der Waals surface area contributed by atoms with Gasteiger partial charge < -0.3 is 5.73 Å². The van der Waals surface area contributed by atoms with Crippen molar-refractivity contribution in [2.24, 2.45) is 0 Å². The number of nitrogens with two attached hydrogens (primary N) is 1. The molecule has 0 atom stereocenters. The maximum absolute atomic E-state index is 12.0.